The van der Waals surface area contributed by atoms with Gasteiger partial charge in [-0.15, -0.1) is 0 Å². The van der Waals surface area contributed by atoms with Crippen LogP contribution < -0.4 is 5.32 Å². The summed E-state index contributed by atoms with van der Waals surface area (Å²) in [7, 11) is 0. The van der Waals surface area contributed by atoms with E-state index in [9.17, 15) is 18.7 Å². The number of carbonyl (C=O) groups is 1. The molecule has 1 saturated carbocycles. The molecule has 2 aromatic rings. The maximum absolute atomic E-state index is 13.6. The van der Waals surface area contributed by atoms with E-state index >= 15 is 0 Å². The van der Waals surface area contributed by atoms with Gasteiger partial charge in [-0.1, -0.05) is 0 Å². The van der Waals surface area contributed by atoms with Crippen LogP contribution in [-0.4, -0.2) is 42.8 Å². The molecule has 134 valence electrons. The molecule has 1 atom stereocenters. The molecular formula is C16H19F2N5O2. The summed E-state index contributed by atoms with van der Waals surface area (Å²) in [5.41, 5.74) is 1.26. The fourth-order valence-corrected chi connectivity index (χ4v) is 3.05. The number of hydrogen-bond donors (Lipinski definition) is 2. The summed E-state index contributed by atoms with van der Waals surface area (Å²) in [6.07, 6.45) is 0.573. The van der Waals surface area contributed by atoms with Crippen molar-refractivity contribution in [3.05, 3.63) is 29.2 Å². The number of rotatable bonds is 4. The molecule has 0 amide bonds. The molecule has 1 aliphatic rings. The molecule has 7 nitrogen and oxygen atoms in total. The number of carboxylic acids is 1. The quantitative estimate of drug-likeness (QED) is 0.880. The zero-order valence-electron chi connectivity index (χ0n) is 14.0. The van der Waals surface area contributed by atoms with E-state index in [-0.39, 0.29) is 30.3 Å². The molecule has 2 heterocycles. The molecule has 25 heavy (non-hydrogen) atoms. The Hall–Kier alpha value is -2.58. The van der Waals surface area contributed by atoms with Crippen molar-refractivity contribution in [2.75, 3.05) is 5.32 Å². The fourth-order valence-electron chi connectivity index (χ4n) is 3.05. The first-order chi connectivity index (χ1) is 11.7. The Bertz CT molecular complexity index is 806. The van der Waals surface area contributed by atoms with Crippen LogP contribution in [0.4, 0.5) is 14.6 Å². The normalized spacial score (nSPS) is 19.6. The Kier molecular flexibility index (Phi) is 4.40. The number of nitrogens with zero attached hydrogens (tertiary/aromatic N) is 4. The summed E-state index contributed by atoms with van der Waals surface area (Å²) in [5, 5.41) is 16.5. The van der Waals surface area contributed by atoms with Gasteiger partial charge in [0.15, 0.2) is 5.69 Å². The monoisotopic (exact) mass is 351 g/mol. The van der Waals surface area contributed by atoms with Gasteiger partial charge in [-0.05, 0) is 32.8 Å². The molecule has 0 radical (unpaired) electrons. The smallest absolute Gasteiger partial charge is 0.354 e. The van der Waals surface area contributed by atoms with Gasteiger partial charge in [0.25, 0.3) is 5.95 Å². The number of nitrogens with one attached hydrogen (secondary N) is 1. The highest BCUT2D eigenvalue weighted by atomic mass is 19.3. The largest absolute Gasteiger partial charge is 0.477 e. The summed E-state index contributed by atoms with van der Waals surface area (Å²) >= 11 is 0. The Balaban J connectivity index is 1.93. The van der Waals surface area contributed by atoms with Crippen LogP contribution in [0, 0.1) is 13.8 Å². The summed E-state index contributed by atoms with van der Waals surface area (Å²) in [4.78, 5) is 19.6. The predicted octanol–water partition coefficient (Wildman–Crippen LogP) is 2.97. The van der Waals surface area contributed by atoms with E-state index in [2.05, 4.69) is 20.4 Å². The summed E-state index contributed by atoms with van der Waals surface area (Å²) < 4.78 is 28.6. The molecule has 0 aliphatic heterocycles. The van der Waals surface area contributed by atoms with Gasteiger partial charge < -0.3 is 10.4 Å². The number of hydrogen-bond acceptors (Lipinski definition) is 5. The van der Waals surface area contributed by atoms with Gasteiger partial charge in [0.1, 0.15) is 5.82 Å². The van der Waals surface area contributed by atoms with E-state index in [0.29, 0.717) is 12.8 Å². The molecule has 0 bridgehead atoms. The maximum Gasteiger partial charge on any atom is 0.354 e. The van der Waals surface area contributed by atoms with Crippen LogP contribution in [0.15, 0.2) is 12.1 Å². The Morgan fingerprint density at radius 1 is 1.36 bits per heavy atom. The SMILES string of the molecule is Cc1cc(C)n(-c2nc(NC3CCCC(F)(F)C3)cc(C(=O)O)n2)n1. The van der Waals surface area contributed by atoms with Crippen molar-refractivity contribution in [3.8, 4) is 5.95 Å². The van der Waals surface area contributed by atoms with Crippen molar-refractivity contribution >= 4 is 11.8 Å². The van der Waals surface area contributed by atoms with Crippen molar-refractivity contribution in [2.24, 2.45) is 0 Å². The third kappa shape index (κ3) is 3.92. The van der Waals surface area contributed by atoms with Gasteiger partial charge in [-0.25, -0.2) is 23.2 Å². The highest BCUT2D eigenvalue weighted by Crippen LogP contribution is 2.34. The fraction of sp³-hybridized carbons (Fsp3) is 0.500. The maximum atomic E-state index is 13.6. The van der Waals surface area contributed by atoms with Crippen molar-refractivity contribution in [3.63, 3.8) is 0 Å². The number of carboxylic acid groups (broad SMARTS) is 1. The molecule has 0 saturated heterocycles. The third-order valence-corrected chi connectivity index (χ3v) is 4.12. The topological polar surface area (TPSA) is 92.9 Å². The molecule has 0 aromatic carbocycles. The van der Waals surface area contributed by atoms with Crippen molar-refractivity contribution in [1.82, 2.24) is 19.7 Å². The second kappa shape index (κ2) is 6.38. The minimum Gasteiger partial charge on any atom is -0.477 e. The third-order valence-electron chi connectivity index (χ3n) is 4.12. The summed E-state index contributed by atoms with van der Waals surface area (Å²) in [6.45, 7) is 3.60. The minimum absolute atomic E-state index is 0.0931. The Labute approximate surface area is 143 Å². The molecule has 1 aliphatic carbocycles. The average Bonchev–Trinajstić information content (AvgIpc) is 2.84. The van der Waals surface area contributed by atoms with Gasteiger partial charge in [0, 0.05) is 30.6 Å². The molecule has 2 aromatic heterocycles. The van der Waals surface area contributed by atoms with E-state index < -0.39 is 17.9 Å². The van der Waals surface area contributed by atoms with Crippen molar-refractivity contribution in [1.29, 1.82) is 0 Å². The average molecular weight is 351 g/mol. The van der Waals surface area contributed by atoms with Crippen LogP contribution in [0.3, 0.4) is 0 Å². The lowest BCUT2D eigenvalue weighted by atomic mass is 9.92. The standard InChI is InChI=1S/C16H19F2N5O2/c1-9-6-10(2)23(22-9)15-20-12(14(24)25)7-13(21-15)19-11-4-3-5-16(17,18)8-11/h6-7,11H,3-5,8H2,1-2H3,(H,24,25)(H,19,20,21). The minimum atomic E-state index is -2.71. The lowest BCUT2D eigenvalue weighted by Crippen LogP contribution is -2.34. The number of aromatic carboxylic acids is 1. The number of anilines is 1. The molecule has 9 heteroatoms. The number of halogens is 2. The van der Waals surface area contributed by atoms with E-state index in [4.69, 9.17) is 0 Å². The highest BCUT2D eigenvalue weighted by molar-refractivity contribution is 5.86. The molecule has 1 unspecified atom stereocenters. The Morgan fingerprint density at radius 3 is 2.72 bits per heavy atom. The Morgan fingerprint density at radius 2 is 2.12 bits per heavy atom. The van der Waals surface area contributed by atoms with Crippen molar-refractivity contribution in [2.45, 2.75) is 51.5 Å². The lowest BCUT2D eigenvalue weighted by Gasteiger charge is -2.29. The first kappa shape index (κ1) is 17.2. The van der Waals surface area contributed by atoms with Gasteiger partial charge >= 0.3 is 5.97 Å². The summed E-state index contributed by atoms with van der Waals surface area (Å²) in [5.74, 6) is -3.63. The second-order valence-corrected chi connectivity index (χ2v) is 6.38. The van der Waals surface area contributed by atoms with Crippen LogP contribution in [0.25, 0.3) is 5.95 Å². The number of aryl methyl sites for hydroxylation is 2. The number of alkyl halides is 2. The molecule has 0 spiro atoms. The van der Waals surface area contributed by atoms with E-state index in [1.54, 1.807) is 13.8 Å². The first-order valence-corrected chi connectivity index (χ1v) is 8.04. The van der Waals surface area contributed by atoms with Crippen LogP contribution >= 0.6 is 0 Å². The van der Waals surface area contributed by atoms with Crippen LogP contribution in [0.5, 0.6) is 0 Å². The zero-order chi connectivity index (χ0) is 18.2. The molecule has 1 fully saturated rings. The lowest BCUT2D eigenvalue weighted by molar-refractivity contribution is -0.0373. The molecular weight excluding hydrogens is 332 g/mol. The van der Waals surface area contributed by atoms with Crippen LogP contribution in [0.1, 0.15) is 47.6 Å². The van der Waals surface area contributed by atoms with Crippen LogP contribution in [0.2, 0.25) is 0 Å². The second-order valence-electron chi connectivity index (χ2n) is 6.38. The molecule has 3 rings (SSSR count). The highest BCUT2D eigenvalue weighted by Gasteiger charge is 2.36. The molecule has 2 N–H and O–H groups in total. The van der Waals surface area contributed by atoms with E-state index in [0.717, 1.165) is 11.4 Å². The van der Waals surface area contributed by atoms with Gasteiger partial charge in [0.2, 0.25) is 5.92 Å². The van der Waals surface area contributed by atoms with Crippen LogP contribution in [-0.2, 0) is 0 Å². The first-order valence-electron chi connectivity index (χ1n) is 8.04. The van der Waals surface area contributed by atoms with Gasteiger partial charge in [-0.2, -0.15) is 10.1 Å². The van der Waals surface area contributed by atoms with Gasteiger partial charge in [0.05, 0.1) is 5.69 Å². The summed E-state index contributed by atoms with van der Waals surface area (Å²) in [6, 6.07) is 2.60. The predicted molar refractivity (Wildman–Crippen MR) is 86.4 cm³/mol. The van der Waals surface area contributed by atoms with Gasteiger partial charge in [-0.3, -0.25) is 0 Å². The van der Waals surface area contributed by atoms with E-state index in [1.165, 1.54) is 10.7 Å². The number of aromatic nitrogens is 4. The zero-order valence-corrected chi connectivity index (χ0v) is 14.0. The van der Waals surface area contributed by atoms with E-state index in [1.807, 2.05) is 6.07 Å². The van der Waals surface area contributed by atoms with Crippen molar-refractivity contribution < 1.29 is 18.7 Å².